The van der Waals surface area contributed by atoms with E-state index in [0.29, 0.717) is 31.3 Å². The molecule has 0 atom stereocenters. The Morgan fingerprint density at radius 3 is 2.55 bits per heavy atom. The minimum atomic E-state index is -0.0518. The summed E-state index contributed by atoms with van der Waals surface area (Å²) in [6.07, 6.45) is 6.74. The van der Waals surface area contributed by atoms with Crippen molar-refractivity contribution < 1.29 is 9.53 Å². The summed E-state index contributed by atoms with van der Waals surface area (Å²) in [5.74, 6) is 0.427. The minimum absolute atomic E-state index is 0.0518. The highest BCUT2D eigenvalue weighted by Crippen LogP contribution is 2.21. The van der Waals surface area contributed by atoms with Gasteiger partial charge in [-0.25, -0.2) is 9.97 Å². The molecule has 2 N–H and O–H groups in total. The van der Waals surface area contributed by atoms with E-state index in [-0.39, 0.29) is 12.2 Å². The molecule has 2 aromatic heterocycles. The second-order valence-corrected chi connectivity index (χ2v) is 6.54. The topological polar surface area (TPSA) is 89.0 Å². The molecule has 0 aliphatic rings. The van der Waals surface area contributed by atoms with Crippen molar-refractivity contribution in [3.8, 4) is 0 Å². The number of ether oxygens (including phenoxy) is 1. The average molecular weight is 391 g/mol. The number of carbonyl (C=O) groups is 1. The maximum atomic E-state index is 12.7. The zero-order chi connectivity index (χ0) is 20.5. The number of hydrogen-bond donors (Lipinski definition) is 2. The number of nitrogens with zero attached hydrogens (tertiary/aromatic N) is 3. The molecule has 0 amide bonds. The molecule has 0 saturated heterocycles. The third-order valence-electron chi connectivity index (χ3n) is 4.30. The number of nitrogens with one attached hydrogen (secondary N) is 2. The molecule has 0 saturated carbocycles. The van der Waals surface area contributed by atoms with Gasteiger partial charge in [0.25, 0.3) is 0 Å². The summed E-state index contributed by atoms with van der Waals surface area (Å²) in [4.78, 5) is 25.3. The largest absolute Gasteiger partial charge is 0.380 e. The van der Waals surface area contributed by atoms with Crippen molar-refractivity contribution in [1.82, 2.24) is 15.0 Å². The Morgan fingerprint density at radius 1 is 1.07 bits per heavy atom. The predicted octanol–water partition coefficient (Wildman–Crippen LogP) is 3.80. The van der Waals surface area contributed by atoms with E-state index in [1.165, 1.54) is 5.56 Å². The Morgan fingerprint density at radius 2 is 1.83 bits per heavy atom. The van der Waals surface area contributed by atoms with Gasteiger partial charge in [-0.05, 0) is 37.6 Å². The van der Waals surface area contributed by atoms with E-state index < -0.39 is 0 Å². The lowest BCUT2D eigenvalue weighted by molar-refractivity contribution is 0.0992. The Bertz CT molecular complexity index is 927. The van der Waals surface area contributed by atoms with Gasteiger partial charge >= 0.3 is 0 Å². The van der Waals surface area contributed by atoms with Gasteiger partial charge in [-0.3, -0.25) is 9.78 Å². The number of pyridine rings is 1. The van der Waals surface area contributed by atoms with E-state index in [9.17, 15) is 4.79 Å². The first kappa shape index (κ1) is 20.4. The Hall–Kier alpha value is -3.32. The third-order valence-corrected chi connectivity index (χ3v) is 4.30. The molecule has 3 rings (SSSR count). The van der Waals surface area contributed by atoms with Crippen LogP contribution in [0.1, 0.15) is 28.4 Å². The lowest BCUT2D eigenvalue weighted by atomic mass is 10.0. The molecular formula is C22H25N5O2. The number of aromatic nitrogens is 3. The van der Waals surface area contributed by atoms with Crippen molar-refractivity contribution in [3.05, 3.63) is 71.8 Å². The molecule has 0 aliphatic heterocycles. The average Bonchev–Trinajstić information content (AvgIpc) is 2.74. The number of carbonyl (C=O) groups excluding carboxylic acids is 1. The molecule has 0 unspecified atom stereocenters. The van der Waals surface area contributed by atoms with Gasteiger partial charge in [0.1, 0.15) is 0 Å². The molecule has 3 aromatic rings. The molecule has 7 nitrogen and oxygen atoms in total. The number of aryl methyl sites for hydroxylation is 1. The van der Waals surface area contributed by atoms with Crippen molar-refractivity contribution in [2.45, 2.75) is 20.3 Å². The summed E-state index contributed by atoms with van der Waals surface area (Å²) in [7, 11) is 0. The molecule has 2 heterocycles. The van der Waals surface area contributed by atoms with Gasteiger partial charge in [0.05, 0.1) is 24.1 Å². The van der Waals surface area contributed by atoms with Gasteiger partial charge < -0.3 is 15.4 Å². The highest BCUT2D eigenvalue weighted by atomic mass is 16.5. The molecule has 29 heavy (non-hydrogen) atoms. The lowest BCUT2D eigenvalue weighted by Gasteiger charge is -2.11. The first-order valence-electron chi connectivity index (χ1n) is 9.59. The van der Waals surface area contributed by atoms with Gasteiger partial charge in [0.2, 0.25) is 5.95 Å². The van der Waals surface area contributed by atoms with Crippen LogP contribution in [0.3, 0.4) is 0 Å². The van der Waals surface area contributed by atoms with E-state index in [1.54, 1.807) is 24.8 Å². The fourth-order valence-electron chi connectivity index (χ4n) is 2.70. The van der Waals surface area contributed by atoms with Crippen molar-refractivity contribution in [2.24, 2.45) is 0 Å². The summed E-state index contributed by atoms with van der Waals surface area (Å²) < 4.78 is 5.26. The standard InChI is InChI=1S/C22H25N5O2/c1-3-29-11-10-24-22-25-13-18(14-26-22)21(28)12-17-8-9-23-15-20(17)27-19-6-4-16(2)5-7-19/h4-9,13-15,27H,3,10-12H2,1-2H3,(H,24,25,26). The Kier molecular flexibility index (Phi) is 7.24. The van der Waals surface area contributed by atoms with Crippen LogP contribution < -0.4 is 10.6 Å². The molecule has 0 radical (unpaired) electrons. The van der Waals surface area contributed by atoms with Crippen LogP contribution in [0.4, 0.5) is 17.3 Å². The van der Waals surface area contributed by atoms with E-state index in [2.05, 4.69) is 25.6 Å². The first-order valence-corrected chi connectivity index (χ1v) is 9.59. The number of anilines is 3. The lowest BCUT2D eigenvalue weighted by Crippen LogP contribution is -2.12. The third kappa shape index (κ3) is 6.08. The minimum Gasteiger partial charge on any atom is -0.380 e. The van der Waals surface area contributed by atoms with Crippen molar-refractivity contribution in [2.75, 3.05) is 30.4 Å². The summed E-state index contributed by atoms with van der Waals surface area (Å²) in [5, 5.41) is 6.39. The Labute approximate surface area is 170 Å². The fraction of sp³-hybridized carbons (Fsp3) is 0.273. The zero-order valence-electron chi connectivity index (χ0n) is 16.7. The fourth-order valence-corrected chi connectivity index (χ4v) is 2.70. The number of benzene rings is 1. The maximum Gasteiger partial charge on any atom is 0.222 e. The number of ketones is 1. The van der Waals surface area contributed by atoms with Crippen LogP contribution in [0, 0.1) is 6.92 Å². The van der Waals surface area contributed by atoms with Gasteiger partial charge in [-0.2, -0.15) is 0 Å². The summed E-state index contributed by atoms with van der Waals surface area (Å²) in [6, 6.07) is 9.91. The van der Waals surface area contributed by atoms with Gasteiger partial charge in [0.15, 0.2) is 5.78 Å². The van der Waals surface area contributed by atoms with Crippen molar-refractivity contribution >= 4 is 23.1 Å². The quantitative estimate of drug-likeness (QED) is 0.401. The molecule has 0 fully saturated rings. The van der Waals surface area contributed by atoms with E-state index in [4.69, 9.17) is 4.74 Å². The summed E-state index contributed by atoms with van der Waals surface area (Å²) in [6.45, 7) is 5.86. The zero-order valence-corrected chi connectivity index (χ0v) is 16.7. The summed E-state index contributed by atoms with van der Waals surface area (Å²) >= 11 is 0. The molecule has 0 spiro atoms. The van der Waals surface area contributed by atoms with Crippen LogP contribution in [-0.2, 0) is 11.2 Å². The number of rotatable bonds is 10. The van der Waals surface area contributed by atoms with Gasteiger partial charge in [0, 0.05) is 43.9 Å². The smallest absolute Gasteiger partial charge is 0.222 e. The highest BCUT2D eigenvalue weighted by molar-refractivity contribution is 5.97. The number of hydrogen-bond acceptors (Lipinski definition) is 7. The monoisotopic (exact) mass is 391 g/mol. The molecule has 150 valence electrons. The Balaban J connectivity index is 1.64. The van der Waals surface area contributed by atoms with Crippen LogP contribution in [0.15, 0.2) is 55.1 Å². The molecule has 0 bridgehead atoms. The van der Waals surface area contributed by atoms with E-state index in [0.717, 1.165) is 16.9 Å². The molecule has 0 aliphatic carbocycles. The highest BCUT2D eigenvalue weighted by Gasteiger charge is 2.12. The second kappa shape index (κ2) is 10.3. The normalized spacial score (nSPS) is 10.6. The molecular weight excluding hydrogens is 366 g/mol. The summed E-state index contributed by atoms with van der Waals surface area (Å²) in [5.41, 5.74) is 4.28. The van der Waals surface area contributed by atoms with Crippen LogP contribution in [-0.4, -0.2) is 40.5 Å². The van der Waals surface area contributed by atoms with Crippen molar-refractivity contribution in [3.63, 3.8) is 0 Å². The second-order valence-electron chi connectivity index (χ2n) is 6.54. The first-order chi connectivity index (χ1) is 14.2. The van der Waals surface area contributed by atoms with Crippen LogP contribution in [0.2, 0.25) is 0 Å². The van der Waals surface area contributed by atoms with Crippen LogP contribution in [0.25, 0.3) is 0 Å². The molecule has 1 aromatic carbocycles. The van der Waals surface area contributed by atoms with Crippen molar-refractivity contribution in [1.29, 1.82) is 0 Å². The van der Waals surface area contributed by atoms with Gasteiger partial charge in [-0.1, -0.05) is 17.7 Å². The van der Waals surface area contributed by atoms with Gasteiger partial charge in [-0.15, -0.1) is 0 Å². The van der Waals surface area contributed by atoms with Crippen LogP contribution in [0.5, 0.6) is 0 Å². The van der Waals surface area contributed by atoms with E-state index >= 15 is 0 Å². The number of Topliss-reactive ketones (excluding diaryl/α,β-unsaturated/α-hetero) is 1. The van der Waals surface area contributed by atoms with E-state index in [1.807, 2.05) is 44.2 Å². The predicted molar refractivity (Wildman–Crippen MR) is 114 cm³/mol. The van der Waals surface area contributed by atoms with Crippen LogP contribution >= 0.6 is 0 Å². The maximum absolute atomic E-state index is 12.7. The SMILES string of the molecule is CCOCCNc1ncc(C(=O)Cc2ccncc2Nc2ccc(C)cc2)cn1. The molecule has 7 heteroatoms.